The molecule has 0 aliphatic carbocycles. The van der Waals surface area contributed by atoms with Crippen LogP contribution in [-0.4, -0.2) is 60.2 Å². The topological polar surface area (TPSA) is 81.8 Å². The van der Waals surface area contributed by atoms with E-state index < -0.39 is 0 Å². The number of carbonyl (C=O) groups excluding carboxylic acids is 3. The number of anilines is 2. The van der Waals surface area contributed by atoms with Crippen LogP contribution in [0.25, 0.3) is 0 Å². The van der Waals surface area contributed by atoms with Crippen molar-refractivity contribution in [1.82, 2.24) is 9.80 Å². The van der Waals surface area contributed by atoms with Gasteiger partial charge in [0, 0.05) is 48.7 Å². The lowest BCUT2D eigenvalue weighted by Crippen LogP contribution is -2.32. The van der Waals surface area contributed by atoms with Crippen LogP contribution < -0.4 is 10.6 Å². The summed E-state index contributed by atoms with van der Waals surface area (Å²) < 4.78 is 0. The molecule has 33 heavy (non-hydrogen) atoms. The van der Waals surface area contributed by atoms with E-state index in [1.165, 1.54) is 0 Å². The van der Waals surface area contributed by atoms with E-state index in [9.17, 15) is 14.4 Å². The monoisotopic (exact) mass is 450 g/mol. The molecule has 0 unspecified atom stereocenters. The van der Waals surface area contributed by atoms with Gasteiger partial charge in [-0.2, -0.15) is 0 Å². The highest BCUT2D eigenvalue weighted by atomic mass is 16.2. The van der Waals surface area contributed by atoms with Crippen LogP contribution in [0.4, 0.5) is 11.4 Å². The Bertz CT molecular complexity index is 946. The van der Waals surface area contributed by atoms with E-state index in [4.69, 9.17) is 0 Å². The molecule has 7 heteroatoms. The first-order valence-corrected chi connectivity index (χ1v) is 11.8. The Morgan fingerprint density at radius 2 is 1.55 bits per heavy atom. The largest absolute Gasteiger partial charge is 0.376 e. The van der Waals surface area contributed by atoms with Crippen LogP contribution in [0, 0.1) is 0 Å². The minimum absolute atomic E-state index is 0.0171. The maximum Gasteiger partial charge on any atom is 0.253 e. The third-order valence-corrected chi connectivity index (χ3v) is 5.65. The number of nitrogens with one attached hydrogen (secondary N) is 2. The standard InChI is InChI=1S/C26H34N4O3/c1-3-14-29(15-4-2)26(33)21-8-7-9-23(18-21)28-24(31)19-27-22-12-10-20(11-13-22)25(32)30-16-5-6-17-30/h7-13,18,27H,3-6,14-17,19H2,1-2H3,(H,28,31). The van der Waals surface area contributed by atoms with Crippen LogP contribution >= 0.6 is 0 Å². The zero-order valence-electron chi connectivity index (χ0n) is 19.6. The fraction of sp³-hybridized carbons (Fsp3) is 0.423. The van der Waals surface area contributed by atoms with Crippen molar-refractivity contribution in [2.45, 2.75) is 39.5 Å². The molecule has 1 saturated heterocycles. The van der Waals surface area contributed by atoms with Gasteiger partial charge in [-0.05, 0) is 68.1 Å². The smallest absolute Gasteiger partial charge is 0.253 e. The first-order chi connectivity index (χ1) is 16.0. The van der Waals surface area contributed by atoms with Crippen molar-refractivity contribution < 1.29 is 14.4 Å². The highest BCUT2D eigenvalue weighted by Crippen LogP contribution is 2.16. The van der Waals surface area contributed by atoms with E-state index in [1.54, 1.807) is 36.4 Å². The molecule has 1 heterocycles. The van der Waals surface area contributed by atoms with Crippen molar-refractivity contribution in [3.63, 3.8) is 0 Å². The highest BCUT2D eigenvalue weighted by Gasteiger charge is 2.19. The molecule has 0 aromatic heterocycles. The zero-order chi connectivity index (χ0) is 23.6. The molecule has 3 amide bonds. The summed E-state index contributed by atoms with van der Waals surface area (Å²) in [4.78, 5) is 41.4. The van der Waals surface area contributed by atoms with E-state index in [2.05, 4.69) is 24.5 Å². The Hall–Kier alpha value is -3.35. The second-order valence-electron chi connectivity index (χ2n) is 8.35. The number of rotatable bonds is 10. The summed E-state index contributed by atoms with van der Waals surface area (Å²) in [5, 5.41) is 5.92. The van der Waals surface area contributed by atoms with Gasteiger partial charge in [0.2, 0.25) is 5.91 Å². The Balaban J connectivity index is 1.53. The van der Waals surface area contributed by atoms with Gasteiger partial charge >= 0.3 is 0 Å². The normalized spacial score (nSPS) is 13.0. The summed E-state index contributed by atoms with van der Waals surface area (Å²) in [7, 11) is 0. The zero-order valence-corrected chi connectivity index (χ0v) is 19.6. The fourth-order valence-corrected chi connectivity index (χ4v) is 3.99. The summed E-state index contributed by atoms with van der Waals surface area (Å²) in [6.45, 7) is 7.26. The van der Waals surface area contributed by atoms with Crippen LogP contribution in [0.15, 0.2) is 48.5 Å². The van der Waals surface area contributed by atoms with Gasteiger partial charge in [-0.1, -0.05) is 19.9 Å². The van der Waals surface area contributed by atoms with Crippen molar-refractivity contribution in [3.05, 3.63) is 59.7 Å². The molecule has 7 nitrogen and oxygen atoms in total. The number of amides is 3. The summed E-state index contributed by atoms with van der Waals surface area (Å²) in [6.07, 6.45) is 3.93. The molecule has 1 fully saturated rings. The van der Waals surface area contributed by atoms with Crippen LogP contribution in [0.1, 0.15) is 60.2 Å². The molecule has 0 atom stereocenters. The van der Waals surface area contributed by atoms with Crippen LogP contribution in [0.3, 0.4) is 0 Å². The van der Waals surface area contributed by atoms with Crippen LogP contribution in [0.2, 0.25) is 0 Å². The van der Waals surface area contributed by atoms with Crippen molar-refractivity contribution in [3.8, 4) is 0 Å². The lowest BCUT2D eigenvalue weighted by atomic mass is 10.1. The molecule has 2 aromatic rings. The second-order valence-corrected chi connectivity index (χ2v) is 8.35. The molecule has 0 spiro atoms. The van der Waals surface area contributed by atoms with Gasteiger partial charge in [0.25, 0.3) is 11.8 Å². The Morgan fingerprint density at radius 3 is 2.18 bits per heavy atom. The van der Waals surface area contributed by atoms with Gasteiger partial charge in [0.05, 0.1) is 6.54 Å². The summed E-state index contributed by atoms with van der Waals surface area (Å²) in [5.41, 5.74) is 2.59. The Labute approximate surface area is 196 Å². The predicted molar refractivity (Wildman–Crippen MR) is 132 cm³/mol. The number of benzene rings is 2. The van der Waals surface area contributed by atoms with E-state index in [0.717, 1.165) is 57.5 Å². The predicted octanol–water partition coefficient (Wildman–Crippen LogP) is 4.24. The lowest BCUT2D eigenvalue weighted by Gasteiger charge is -2.21. The molecule has 3 rings (SSSR count). The van der Waals surface area contributed by atoms with Gasteiger partial charge in [-0.25, -0.2) is 0 Å². The van der Waals surface area contributed by atoms with Gasteiger partial charge < -0.3 is 20.4 Å². The fourth-order valence-electron chi connectivity index (χ4n) is 3.99. The Kier molecular flexibility index (Phi) is 8.87. The average Bonchev–Trinajstić information content (AvgIpc) is 3.37. The molecular formula is C26H34N4O3. The first-order valence-electron chi connectivity index (χ1n) is 11.8. The van der Waals surface area contributed by atoms with E-state index >= 15 is 0 Å². The molecule has 2 N–H and O–H groups in total. The maximum absolute atomic E-state index is 12.8. The van der Waals surface area contributed by atoms with Gasteiger partial charge in [0.1, 0.15) is 0 Å². The van der Waals surface area contributed by atoms with Crippen molar-refractivity contribution in [2.75, 3.05) is 43.4 Å². The second kappa shape index (κ2) is 12.0. The third-order valence-electron chi connectivity index (χ3n) is 5.65. The molecule has 0 saturated carbocycles. The molecular weight excluding hydrogens is 416 g/mol. The number of likely N-dealkylation sites (tertiary alicyclic amines) is 1. The average molecular weight is 451 g/mol. The van der Waals surface area contributed by atoms with Gasteiger partial charge in [-0.15, -0.1) is 0 Å². The quantitative estimate of drug-likeness (QED) is 0.567. The molecule has 2 aromatic carbocycles. The van der Waals surface area contributed by atoms with Gasteiger partial charge in [0.15, 0.2) is 0 Å². The van der Waals surface area contributed by atoms with Crippen molar-refractivity contribution >= 4 is 29.1 Å². The van der Waals surface area contributed by atoms with Crippen molar-refractivity contribution in [2.24, 2.45) is 0 Å². The summed E-state index contributed by atoms with van der Waals surface area (Å²) in [5.74, 6) is -0.171. The highest BCUT2D eigenvalue weighted by molar-refractivity contribution is 5.98. The molecule has 176 valence electrons. The Morgan fingerprint density at radius 1 is 0.879 bits per heavy atom. The maximum atomic E-state index is 12.8. The van der Waals surface area contributed by atoms with E-state index in [-0.39, 0.29) is 24.3 Å². The van der Waals surface area contributed by atoms with Crippen LogP contribution in [0.5, 0.6) is 0 Å². The summed E-state index contributed by atoms with van der Waals surface area (Å²) in [6, 6.07) is 14.2. The van der Waals surface area contributed by atoms with Crippen LogP contribution in [-0.2, 0) is 4.79 Å². The molecule has 1 aliphatic heterocycles. The lowest BCUT2D eigenvalue weighted by molar-refractivity contribution is -0.114. The number of carbonyl (C=O) groups is 3. The molecule has 1 aliphatic rings. The summed E-state index contributed by atoms with van der Waals surface area (Å²) >= 11 is 0. The number of hydrogen-bond acceptors (Lipinski definition) is 4. The van der Waals surface area contributed by atoms with Crippen molar-refractivity contribution in [1.29, 1.82) is 0 Å². The minimum atomic E-state index is -0.212. The molecule has 0 bridgehead atoms. The minimum Gasteiger partial charge on any atom is -0.376 e. The SMILES string of the molecule is CCCN(CCC)C(=O)c1cccc(NC(=O)CNc2ccc(C(=O)N3CCCC3)cc2)c1. The first kappa shape index (κ1) is 24.3. The van der Waals surface area contributed by atoms with E-state index in [0.29, 0.717) is 16.8 Å². The van der Waals surface area contributed by atoms with E-state index in [1.807, 2.05) is 21.9 Å². The third kappa shape index (κ3) is 6.81. The molecule has 0 radical (unpaired) electrons. The number of nitrogens with zero attached hydrogens (tertiary/aromatic N) is 2. The number of hydrogen-bond donors (Lipinski definition) is 2. The van der Waals surface area contributed by atoms with Gasteiger partial charge in [-0.3, -0.25) is 14.4 Å².